The number of hydrogen-bond acceptors (Lipinski definition) is 2. The molecule has 0 N–H and O–H groups in total. The van der Waals surface area contributed by atoms with Crippen molar-refractivity contribution in [2.45, 2.75) is 119 Å². The highest BCUT2D eigenvalue weighted by molar-refractivity contribution is 6.17. The lowest BCUT2D eigenvalue weighted by molar-refractivity contribution is -0.114. The van der Waals surface area contributed by atoms with Crippen LogP contribution in [0, 0.1) is 0 Å². The van der Waals surface area contributed by atoms with E-state index in [0.29, 0.717) is 12.0 Å². The van der Waals surface area contributed by atoms with Gasteiger partial charge in [-0.2, -0.15) is 0 Å². The first kappa shape index (κ1) is 33.3. The average molecular weight is 517 g/mol. The summed E-state index contributed by atoms with van der Waals surface area (Å²) < 4.78 is 0. The number of ketones is 2. The molecular weight excluding hydrogens is 464 g/mol. The Hall–Kier alpha value is -2.74. The van der Waals surface area contributed by atoms with Crippen molar-refractivity contribution in [3.05, 3.63) is 93.7 Å². The van der Waals surface area contributed by atoms with E-state index < -0.39 is 0 Å². The zero-order valence-corrected chi connectivity index (χ0v) is 25.3. The van der Waals surface area contributed by atoms with Crippen LogP contribution in [-0.4, -0.2) is 11.6 Å². The van der Waals surface area contributed by atoms with Crippen LogP contribution in [0.15, 0.2) is 93.7 Å². The van der Waals surface area contributed by atoms with Crippen molar-refractivity contribution in [1.82, 2.24) is 0 Å². The molecule has 0 unspecified atom stereocenters. The summed E-state index contributed by atoms with van der Waals surface area (Å²) in [5.41, 5.74) is 9.18. The Morgan fingerprint density at radius 2 is 0.895 bits per heavy atom. The van der Waals surface area contributed by atoms with Crippen LogP contribution in [0.4, 0.5) is 0 Å². The highest BCUT2D eigenvalue weighted by atomic mass is 16.1. The number of hydrogen-bond donors (Lipinski definition) is 0. The summed E-state index contributed by atoms with van der Waals surface area (Å²) in [7, 11) is 0. The quantitative estimate of drug-likeness (QED) is 0.142. The van der Waals surface area contributed by atoms with E-state index in [1.807, 2.05) is 0 Å². The molecule has 0 saturated heterocycles. The maximum atomic E-state index is 11.8. The molecule has 1 aliphatic carbocycles. The molecule has 208 valence electrons. The van der Waals surface area contributed by atoms with Crippen molar-refractivity contribution in [2.75, 3.05) is 0 Å². The first-order chi connectivity index (χ1) is 18.1. The molecule has 0 radical (unpaired) electrons. The van der Waals surface area contributed by atoms with Gasteiger partial charge in [-0.1, -0.05) is 69.9 Å². The van der Waals surface area contributed by atoms with Gasteiger partial charge in [-0.25, -0.2) is 0 Å². The predicted octanol–water partition coefficient (Wildman–Crippen LogP) is 10.6. The second-order valence-electron chi connectivity index (χ2n) is 11.2. The molecule has 0 heterocycles. The van der Waals surface area contributed by atoms with Crippen LogP contribution < -0.4 is 0 Å². The maximum absolute atomic E-state index is 11.8. The first-order valence-corrected chi connectivity index (χ1v) is 14.4. The minimum Gasteiger partial charge on any atom is -0.290 e. The van der Waals surface area contributed by atoms with Gasteiger partial charge in [0.15, 0.2) is 11.6 Å². The molecule has 0 saturated carbocycles. The van der Waals surface area contributed by atoms with Crippen molar-refractivity contribution in [1.29, 1.82) is 0 Å². The summed E-state index contributed by atoms with van der Waals surface area (Å²) in [5, 5.41) is 0. The molecule has 2 nitrogen and oxygen atoms in total. The third kappa shape index (κ3) is 16.9. The normalized spacial score (nSPS) is 15.8. The van der Waals surface area contributed by atoms with Gasteiger partial charge < -0.3 is 0 Å². The van der Waals surface area contributed by atoms with Crippen LogP contribution >= 0.6 is 0 Å². The molecule has 0 spiro atoms. The Bertz CT molecular complexity index is 1030. The SMILES string of the molecule is CC(C)=CCCC(C)=CCCC(C)=CCCC(C)=CCCC(C)=CCCC(C)=CCC1=CC(=O)C=CC1=O. The first-order valence-electron chi connectivity index (χ1n) is 14.4. The fourth-order valence-electron chi connectivity index (χ4n) is 4.28. The number of allylic oxidation sites excluding steroid dienone is 16. The van der Waals surface area contributed by atoms with Crippen LogP contribution in [0.3, 0.4) is 0 Å². The summed E-state index contributed by atoms with van der Waals surface area (Å²) in [6, 6.07) is 0. The summed E-state index contributed by atoms with van der Waals surface area (Å²) in [4.78, 5) is 23.3. The summed E-state index contributed by atoms with van der Waals surface area (Å²) >= 11 is 0. The smallest absolute Gasteiger partial charge is 0.182 e. The molecule has 0 bridgehead atoms. The van der Waals surface area contributed by atoms with Crippen molar-refractivity contribution >= 4 is 11.6 Å². The van der Waals surface area contributed by atoms with Crippen molar-refractivity contribution in [3.63, 3.8) is 0 Å². The molecular formula is C36H52O2. The van der Waals surface area contributed by atoms with Crippen LogP contribution in [0.2, 0.25) is 0 Å². The van der Waals surface area contributed by atoms with Gasteiger partial charge in [0.25, 0.3) is 0 Å². The van der Waals surface area contributed by atoms with E-state index >= 15 is 0 Å². The van der Waals surface area contributed by atoms with E-state index in [0.717, 1.165) is 57.8 Å². The van der Waals surface area contributed by atoms with Gasteiger partial charge in [0.1, 0.15) is 0 Å². The van der Waals surface area contributed by atoms with Crippen molar-refractivity contribution < 1.29 is 9.59 Å². The highest BCUT2D eigenvalue weighted by Gasteiger charge is 2.11. The Labute approximate surface area is 233 Å². The average Bonchev–Trinajstić information content (AvgIpc) is 2.84. The lowest BCUT2D eigenvalue weighted by Gasteiger charge is -2.05. The molecule has 0 fully saturated rings. The highest BCUT2D eigenvalue weighted by Crippen LogP contribution is 2.17. The molecule has 0 amide bonds. The second kappa shape index (κ2) is 19.3. The van der Waals surface area contributed by atoms with Crippen molar-refractivity contribution in [3.8, 4) is 0 Å². The largest absolute Gasteiger partial charge is 0.290 e. The van der Waals surface area contributed by atoms with Gasteiger partial charge in [0, 0.05) is 5.57 Å². The molecule has 2 heteroatoms. The zero-order chi connectivity index (χ0) is 28.3. The summed E-state index contributed by atoms with van der Waals surface area (Å²) in [6.45, 7) is 15.4. The van der Waals surface area contributed by atoms with E-state index in [1.165, 1.54) is 58.1 Å². The molecule has 0 aliphatic heterocycles. The van der Waals surface area contributed by atoms with Crippen LogP contribution in [0.25, 0.3) is 0 Å². The van der Waals surface area contributed by atoms with E-state index in [2.05, 4.69) is 84.9 Å². The Kier molecular flexibility index (Phi) is 16.9. The molecule has 1 aliphatic rings. The minimum atomic E-state index is -0.0972. The second-order valence-corrected chi connectivity index (χ2v) is 11.2. The fourth-order valence-corrected chi connectivity index (χ4v) is 4.28. The standard InChI is InChI=1S/C36H52O2/c1-28(2)13-8-14-29(3)15-9-16-30(4)17-10-18-31(5)19-11-20-32(6)21-12-22-33(7)23-24-34-27-35(37)25-26-36(34)38/h13,15,17,19,21,23,25-27H,8-12,14,16,18,20,22,24H2,1-7H3. The lowest BCUT2D eigenvalue weighted by Crippen LogP contribution is -2.06. The number of carbonyl (C=O) groups excluding carboxylic acids is 2. The van der Waals surface area contributed by atoms with E-state index in [9.17, 15) is 9.59 Å². The van der Waals surface area contributed by atoms with Gasteiger partial charge in [-0.15, -0.1) is 0 Å². The molecule has 38 heavy (non-hydrogen) atoms. The predicted molar refractivity (Wildman–Crippen MR) is 166 cm³/mol. The van der Waals surface area contributed by atoms with Gasteiger partial charge >= 0.3 is 0 Å². The third-order valence-corrected chi connectivity index (χ3v) is 6.92. The van der Waals surface area contributed by atoms with Gasteiger partial charge in [-0.3, -0.25) is 9.59 Å². The Morgan fingerprint density at radius 3 is 1.29 bits per heavy atom. The topological polar surface area (TPSA) is 34.1 Å². The minimum absolute atomic E-state index is 0.0527. The third-order valence-electron chi connectivity index (χ3n) is 6.92. The monoisotopic (exact) mass is 516 g/mol. The molecule has 0 aromatic heterocycles. The van der Waals surface area contributed by atoms with Crippen molar-refractivity contribution in [2.24, 2.45) is 0 Å². The summed E-state index contributed by atoms with van der Waals surface area (Å²) in [6.07, 6.45) is 29.8. The molecule has 1 rings (SSSR count). The summed E-state index contributed by atoms with van der Waals surface area (Å²) in [5.74, 6) is -0.150. The maximum Gasteiger partial charge on any atom is 0.182 e. The number of rotatable bonds is 17. The lowest BCUT2D eigenvalue weighted by atomic mass is 9.98. The molecule has 0 aromatic rings. The van der Waals surface area contributed by atoms with E-state index in [1.54, 1.807) is 0 Å². The van der Waals surface area contributed by atoms with E-state index in [4.69, 9.17) is 0 Å². The Balaban J connectivity index is 2.26. The van der Waals surface area contributed by atoms with E-state index in [-0.39, 0.29) is 11.6 Å². The van der Waals surface area contributed by atoms with Gasteiger partial charge in [0.05, 0.1) is 0 Å². The Morgan fingerprint density at radius 1 is 0.526 bits per heavy atom. The number of carbonyl (C=O) groups is 2. The van der Waals surface area contributed by atoms with Crippen LogP contribution in [-0.2, 0) is 9.59 Å². The van der Waals surface area contributed by atoms with Gasteiger partial charge in [0.2, 0.25) is 0 Å². The molecule has 0 atom stereocenters. The van der Waals surface area contributed by atoms with Crippen LogP contribution in [0.5, 0.6) is 0 Å². The fraction of sp³-hybridized carbons (Fsp3) is 0.500. The molecule has 0 aromatic carbocycles. The zero-order valence-electron chi connectivity index (χ0n) is 25.3. The van der Waals surface area contributed by atoms with Gasteiger partial charge in [-0.05, 0) is 137 Å². The van der Waals surface area contributed by atoms with Crippen LogP contribution in [0.1, 0.15) is 119 Å².